The largest absolute Gasteiger partial charge is 0.299 e. The van der Waals surface area contributed by atoms with Gasteiger partial charge in [0.25, 0.3) is 0 Å². The fourth-order valence-electron chi connectivity index (χ4n) is 5.43. The lowest BCUT2D eigenvalue weighted by Crippen LogP contribution is -2.46. The van der Waals surface area contributed by atoms with Gasteiger partial charge in [0.15, 0.2) is 0 Å². The Hall–Kier alpha value is -1.18. The Morgan fingerprint density at radius 1 is 1.10 bits per heavy atom. The molecular weight excluding hydrogens is 248 g/mol. The highest BCUT2D eigenvalue weighted by Crippen LogP contribution is 2.58. The van der Waals surface area contributed by atoms with Gasteiger partial charge in [-0.3, -0.25) is 9.59 Å². The highest BCUT2D eigenvalue weighted by Gasteiger charge is 2.55. The SMILES string of the molecule is C[C@]12CC[C@H]3[C@@H](C=CC4C(=O)CC=C[C@@H]43)[C@@H]1CCC2=O. The zero-order valence-electron chi connectivity index (χ0n) is 12.0. The maximum Gasteiger partial charge on any atom is 0.144 e. The fraction of sp³-hybridized carbons (Fsp3) is 0.667. The number of carbonyl (C=O) groups is 2. The second-order valence-electron chi connectivity index (χ2n) is 7.35. The van der Waals surface area contributed by atoms with Crippen molar-refractivity contribution >= 4 is 11.6 Å². The summed E-state index contributed by atoms with van der Waals surface area (Å²) in [6.07, 6.45) is 13.3. The molecule has 0 aliphatic heterocycles. The first-order valence-electron chi connectivity index (χ1n) is 8.02. The summed E-state index contributed by atoms with van der Waals surface area (Å²) in [5.74, 6) is 2.96. The van der Waals surface area contributed by atoms with Gasteiger partial charge in [0.1, 0.15) is 11.6 Å². The number of allylic oxidation sites excluding steroid dienone is 4. The van der Waals surface area contributed by atoms with E-state index in [1.54, 1.807) is 0 Å². The van der Waals surface area contributed by atoms with Crippen LogP contribution in [-0.2, 0) is 9.59 Å². The lowest BCUT2D eigenvalue weighted by atomic mass is 9.53. The van der Waals surface area contributed by atoms with Crippen molar-refractivity contribution in [2.45, 2.75) is 39.0 Å². The molecule has 2 saturated carbocycles. The number of rotatable bonds is 0. The molecule has 0 radical (unpaired) electrons. The Bertz CT molecular complexity index is 530. The van der Waals surface area contributed by atoms with Crippen molar-refractivity contribution in [3.63, 3.8) is 0 Å². The van der Waals surface area contributed by atoms with Crippen molar-refractivity contribution < 1.29 is 9.59 Å². The minimum atomic E-state index is -0.0826. The predicted molar refractivity (Wildman–Crippen MR) is 76.9 cm³/mol. The second kappa shape index (κ2) is 4.16. The maximum absolute atomic E-state index is 12.2. The van der Waals surface area contributed by atoms with Gasteiger partial charge >= 0.3 is 0 Å². The summed E-state index contributed by atoms with van der Waals surface area (Å²) in [4.78, 5) is 24.3. The normalized spacial score (nSPS) is 49.8. The number of hydrogen-bond donors (Lipinski definition) is 0. The number of hydrogen-bond acceptors (Lipinski definition) is 2. The Kier molecular flexibility index (Phi) is 2.61. The molecule has 6 atom stereocenters. The van der Waals surface area contributed by atoms with E-state index in [-0.39, 0.29) is 11.3 Å². The van der Waals surface area contributed by atoms with E-state index in [4.69, 9.17) is 0 Å². The van der Waals surface area contributed by atoms with Crippen molar-refractivity contribution in [2.75, 3.05) is 0 Å². The number of Topliss-reactive ketones (excluding diaryl/α,β-unsaturated/α-hetero) is 2. The van der Waals surface area contributed by atoms with Gasteiger partial charge in [-0.2, -0.15) is 0 Å². The van der Waals surface area contributed by atoms with Crippen LogP contribution < -0.4 is 0 Å². The molecule has 1 unspecified atom stereocenters. The molecule has 0 aromatic heterocycles. The van der Waals surface area contributed by atoms with E-state index in [9.17, 15) is 9.59 Å². The molecular formula is C18H22O2. The van der Waals surface area contributed by atoms with E-state index in [0.717, 1.165) is 25.7 Å². The molecule has 0 spiro atoms. The van der Waals surface area contributed by atoms with E-state index in [2.05, 4.69) is 31.2 Å². The fourth-order valence-corrected chi connectivity index (χ4v) is 5.43. The Morgan fingerprint density at radius 3 is 2.80 bits per heavy atom. The first kappa shape index (κ1) is 12.6. The molecule has 0 bridgehead atoms. The molecule has 2 heteroatoms. The van der Waals surface area contributed by atoms with Crippen LogP contribution in [0.25, 0.3) is 0 Å². The Balaban J connectivity index is 1.71. The molecule has 4 rings (SSSR count). The zero-order valence-corrected chi connectivity index (χ0v) is 12.0. The third-order valence-electron chi connectivity index (χ3n) is 6.59. The molecule has 0 heterocycles. The summed E-state index contributed by atoms with van der Waals surface area (Å²) in [5.41, 5.74) is -0.0826. The van der Waals surface area contributed by atoms with Crippen LogP contribution in [0.4, 0.5) is 0 Å². The van der Waals surface area contributed by atoms with Gasteiger partial charge in [0.05, 0.1) is 0 Å². The first-order chi connectivity index (χ1) is 9.61. The molecule has 0 N–H and O–H groups in total. The van der Waals surface area contributed by atoms with Crippen molar-refractivity contribution in [2.24, 2.45) is 35.0 Å². The van der Waals surface area contributed by atoms with Gasteiger partial charge in [-0.05, 0) is 42.9 Å². The molecule has 4 aliphatic rings. The summed E-state index contributed by atoms with van der Waals surface area (Å²) >= 11 is 0. The molecule has 20 heavy (non-hydrogen) atoms. The first-order valence-corrected chi connectivity index (χ1v) is 8.02. The third kappa shape index (κ3) is 1.51. The van der Waals surface area contributed by atoms with E-state index in [1.807, 2.05) is 0 Å². The summed E-state index contributed by atoms with van der Waals surface area (Å²) < 4.78 is 0. The lowest BCUT2D eigenvalue weighted by molar-refractivity contribution is -0.131. The van der Waals surface area contributed by atoms with Crippen molar-refractivity contribution in [3.05, 3.63) is 24.3 Å². The summed E-state index contributed by atoms with van der Waals surface area (Å²) in [6, 6.07) is 0. The quantitative estimate of drug-likeness (QED) is 0.633. The molecule has 2 nitrogen and oxygen atoms in total. The Morgan fingerprint density at radius 2 is 1.95 bits per heavy atom. The van der Waals surface area contributed by atoms with Crippen LogP contribution in [0.1, 0.15) is 39.0 Å². The number of fused-ring (bicyclic) bond motifs is 5. The zero-order chi connectivity index (χ0) is 13.9. The van der Waals surface area contributed by atoms with Gasteiger partial charge in [0, 0.05) is 24.2 Å². The highest BCUT2D eigenvalue weighted by atomic mass is 16.1. The molecule has 4 aliphatic carbocycles. The van der Waals surface area contributed by atoms with Crippen molar-refractivity contribution in [1.29, 1.82) is 0 Å². The predicted octanol–water partition coefficient (Wildman–Crippen LogP) is 3.33. The van der Waals surface area contributed by atoms with Gasteiger partial charge < -0.3 is 0 Å². The van der Waals surface area contributed by atoms with Crippen LogP contribution in [0.2, 0.25) is 0 Å². The van der Waals surface area contributed by atoms with Crippen LogP contribution in [-0.4, -0.2) is 11.6 Å². The average molecular weight is 270 g/mol. The highest BCUT2D eigenvalue weighted by molar-refractivity contribution is 5.88. The Labute approximate surface area is 120 Å². The van der Waals surface area contributed by atoms with Crippen LogP contribution in [0.3, 0.4) is 0 Å². The molecule has 0 aromatic carbocycles. The number of carbonyl (C=O) groups excluding carboxylic acids is 2. The van der Waals surface area contributed by atoms with Crippen molar-refractivity contribution in [1.82, 2.24) is 0 Å². The molecule has 106 valence electrons. The van der Waals surface area contributed by atoms with Crippen LogP contribution in [0, 0.1) is 35.0 Å². The van der Waals surface area contributed by atoms with Crippen molar-refractivity contribution in [3.8, 4) is 0 Å². The van der Waals surface area contributed by atoms with E-state index in [1.165, 1.54) is 0 Å². The monoisotopic (exact) mass is 270 g/mol. The molecule has 2 fully saturated rings. The summed E-state index contributed by atoms with van der Waals surface area (Å²) in [5, 5.41) is 0. The molecule has 0 amide bonds. The minimum absolute atomic E-state index is 0.0826. The van der Waals surface area contributed by atoms with Crippen LogP contribution in [0.15, 0.2) is 24.3 Å². The van der Waals surface area contributed by atoms with Gasteiger partial charge in [0.2, 0.25) is 0 Å². The molecule has 0 aromatic rings. The topological polar surface area (TPSA) is 34.1 Å². The van der Waals surface area contributed by atoms with E-state index < -0.39 is 0 Å². The summed E-state index contributed by atoms with van der Waals surface area (Å²) in [6.45, 7) is 2.19. The van der Waals surface area contributed by atoms with E-state index >= 15 is 0 Å². The third-order valence-corrected chi connectivity index (χ3v) is 6.59. The smallest absolute Gasteiger partial charge is 0.144 e. The maximum atomic E-state index is 12.2. The standard InChI is InChI=1S/C18H22O2/c1-18-10-9-12-11-3-2-4-16(19)14(11)6-5-13(12)15(18)7-8-17(18)20/h2-3,5-6,11-15H,4,7-10H2,1H3/t11-,12-,13-,14?,15+,18+/m1/s1. The summed E-state index contributed by atoms with van der Waals surface area (Å²) in [7, 11) is 0. The molecule has 0 saturated heterocycles. The van der Waals surface area contributed by atoms with Gasteiger partial charge in [-0.1, -0.05) is 31.2 Å². The van der Waals surface area contributed by atoms with Gasteiger partial charge in [-0.25, -0.2) is 0 Å². The van der Waals surface area contributed by atoms with Crippen LogP contribution in [0.5, 0.6) is 0 Å². The average Bonchev–Trinajstić information content (AvgIpc) is 2.75. The van der Waals surface area contributed by atoms with Gasteiger partial charge in [-0.15, -0.1) is 0 Å². The lowest BCUT2D eigenvalue weighted by Gasteiger charge is -2.50. The second-order valence-corrected chi connectivity index (χ2v) is 7.35. The number of ketones is 2. The van der Waals surface area contributed by atoms with Crippen LogP contribution >= 0.6 is 0 Å². The van der Waals surface area contributed by atoms with E-state index in [0.29, 0.717) is 41.7 Å². The minimum Gasteiger partial charge on any atom is -0.299 e.